The number of para-hydroxylation sites is 1. The molecule has 0 saturated carbocycles. The molecule has 0 bridgehead atoms. The lowest BCUT2D eigenvalue weighted by Crippen LogP contribution is -2.21. The van der Waals surface area contributed by atoms with E-state index in [0.717, 1.165) is 13.0 Å². The van der Waals surface area contributed by atoms with Crippen molar-refractivity contribution in [3.05, 3.63) is 46.0 Å². The second-order valence-electron chi connectivity index (χ2n) is 4.42. The van der Waals surface area contributed by atoms with E-state index in [2.05, 4.69) is 4.90 Å². The summed E-state index contributed by atoms with van der Waals surface area (Å²) < 4.78 is 0. The predicted molar refractivity (Wildman–Crippen MR) is 69.2 cm³/mol. The number of hydrogen-bond acceptors (Lipinski definition) is 4. The van der Waals surface area contributed by atoms with Crippen molar-refractivity contribution in [2.45, 2.75) is 12.5 Å². The maximum Gasteiger partial charge on any atom is 0.276 e. The third kappa shape index (κ3) is 3.15. The summed E-state index contributed by atoms with van der Waals surface area (Å²) in [6.07, 6.45) is 4.24. The fourth-order valence-electron chi connectivity index (χ4n) is 2.10. The molecule has 5 heteroatoms. The van der Waals surface area contributed by atoms with Gasteiger partial charge in [0.05, 0.1) is 16.6 Å². The third-order valence-corrected chi connectivity index (χ3v) is 3.04. The molecular formula is C13H16N2O3. The number of nitrogens with zero attached hydrogens (tertiary/aromatic N) is 2. The fourth-order valence-corrected chi connectivity index (χ4v) is 2.10. The summed E-state index contributed by atoms with van der Waals surface area (Å²) in [5, 5.41) is 20.2. The van der Waals surface area contributed by atoms with Crippen LogP contribution in [0.3, 0.4) is 0 Å². The molecule has 18 heavy (non-hydrogen) atoms. The van der Waals surface area contributed by atoms with Gasteiger partial charge < -0.3 is 5.11 Å². The molecule has 1 saturated heterocycles. The zero-order valence-corrected chi connectivity index (χ0v) is 10.0. The van der Waals surface area contributed by atoms with Gasteiger partial charge in [0, 0.05) is 25.7 Å². The van der Waals surface area contributed by atoms with E-state index in [4.69, 9.17) is 0 Å². The van der Waals surface area contributed by atoms with Crippen LogP contribution in [0.2, 0.25) is 0 Å². The topological polar surface area (TPSA) is 66.6 Å². The molecule has 5 nitrogen and oxygen atoms in total. The fraction of sp³-hybridized carbons (Fsp3) is 0.385. The van der Waals surface area contributed by atoms with Crippen LogP contribution >= 0.6 is 0 Å². The summed E-state index contributed by atoms with van der Waals surface area (Å²) in [5.74, 6) is 0. The van der Waals surface area contributed by atoms with Gasteiger partial charge in [0.2, 0.25) is 0 Å². The summed E-state index contributed by atoms with van der Waals surface area (Å²) in [7, 11) is 0. The van der Waals surface area contributed by atoms with Gasteiger partial charge in [-0.05, 0) is 12.5 Å². The number of rotatable bonds is 4. The normalized spacial score (nSPS) is 20.6. The Morgan fingerprint density at radius 1 is 1.50 bits per heavy atom. The van der Waals surface area contributed by atoms with E-state index < -0.39 is 0 Å². The van der Waals surface area contributed by atoms with Crippen LogP contribution in [0.25, 0.3) is 6.08 Å². The van der Waals surface area contributed by atoms with E-state index in [1.807, 2.05) is 6.08 Å². The van der Waals surface area contributed by atoms with Gasteiger partial charge in [0.15, 0.2) is 0 Å². The van der Waals surface area contributed by atoms with Crippen molar-refractivity contribution in [2.75, 3.05) is 19.6 Å². The Balaban J connectivity index is 1.98. The molecule has 0 spiro atoms. The summed E-state index contributed by atoms with van der Waals surface area (Å²) >= 11 is 0. The zero-order valence-electron chi connectivity index (χ0n) is 10.0. The number of aliphatic hydroxyl groups is 1. The summed E-state index contributed by atoms with van der Waals surface area (Å²) in [5.41, 5.74) is 0.734. The van der Waals surface area contributed by atoms with E-state index in [1.165, 1.54) is 6.07 Å². The number of aliphatic hydroxyl groups excluding tert-OH is 1. The quantitative estimate of drug-likeness (QED) is 0.650. The monoisotopic (exact) mass is 248 g/mol. The smallest absolute Gasteiger partial charge is 0.276 e. The summed E-state index contributed by atoms with van der Waals surface area (Å²) in [4.78, 5) is 12.6. The Hall–Kier alpha value is -1.72. The molecule has 96 valence electrons. The van der Waals surface area contributed by atoms with Gasteiger partial charge in [-0.15, -0.1) is 0 Å². The Kier molecular flexibility index (Phi) is 4.07. The number of benzene rings is 1. The van der Waals surface area contributed by atoms with Crippen LogP contribution in [-0.2, 0) is 0 Å². The molecule has 1 aromatic carbocycles. The highest BCUT2D eigenvalue weighted by Gasteiger charge is 2.18. The van der Waals surface area contributed by atoms with Gasteiger partial charge in [0.1, 0.15) is 0 Å². The number of nitro benzene ring substituents is 1. The van der Waals surface area contributed by atoms with Crippen molar-refractivity contribution in [1.82, 2.24) is 4.90 Å². The largest absolute Gasteiger partial charge is 0.392 e. The molecule has 0 radical (unpaired) electrons. The molecule has 1 aromatic rings. The maximum absolute atomic E-state index is 10.8. The Labute approximate surface area is 105 Å². The number of likely N-dealkylation sites (tertiary alicyclic amines) is 1. The van der Waals surface area contributed by atoms with E-state index in [-0.39, 0.29) is 16.7 Å². The van der Waals surface area contributed by atoms with E-state index in [1.54, 1.807) is 24.3 Å². The molecule has 0 unspecified atom stereocenters. The van der Waals surface area contributed by atoms with Crippen LogP contribution in [0.4, 0.5) is 5.69 Å². The number of β-amino-alcohol motifs (C(OH)–C–C–N with tert-alkyl or cyclic N) is 1. The molecule has 0 aromatic heterocycles. The summed E-state index contributed by atoms with van der Waals surface area (Å²) in [6.45, 7) is 2.27. The minimum Gasteiger partial charge on any atom is -0.392 e. The SMILES string of the molecule is O=[N+]([O-])c1ccccc1/C=C/CN1CC[C@@H](O)C1. The standard InChI is InChI=1S/C13H16N2O3/c16-12-7-9-14(10-12)8-3-5-11-4-1-2-6-13(11)15(17)18/h1-6,12,16H,7-10H2/b5-3+/t12-/m1/s1. The first-order chi connectivity index (χ1) is 8.66. The van der Waals surface area contributed by atoms with Crippen molar-refractivity contribution >= 4 is 11.8 Å². The second kappa shape index (κ2) is 5.75. The third-order valence-electron chi connectivity index (χ3n) is 3.04. The molecule has 0 amide bonds. The maximum atomic E-state index is 10.8. The Bertz CT molecular complexity index is 459. The molecule has 0 aliphatic carbocycles. The Morgan fingerprint density at radius 3 is 2.94 bits per heavy atom. The highest BCUT2D eigenvalue weighted by molar-refractivity contribution is 5.60. The highest BCUT2D eigenvalue weighted by atomic mass is 16.6. The second-order valence-corrected chi connectivity index (χ2v) is 4.42. The van der Waals surface area contributed by atoms with Crippen LogP contribution in [0.15, 0.2) is 30.3 Å². The average molecular weight is 248 g/mol. The molecular weight excluding hydrogens is 232 g/mol. The van der Waals surface area contributed by atoms with Crippen LogP contribution in [-0.4, -0.2) is 40.7 Å². The molecule has 1 heterocycles. The van der Waals surface area contributed by atoms with Crippen molar-refractivity contribution in [2.24, 2.45) is 0 Å². The van der Waals surface area contributed by atoms with E-state index in [9.17, 15) is 15.2 Å². The van der Waals surface area contributed by atoms with E-state index >= 15 is 0 Å². The van der Waals surface area contributed by atoms with Gasteiger partial charge in [-0.3, -0.25) is 15.0 Å². The minimum atomic E-state index is -0.376. The number of hydrogen-bond donors (Lipinski definition) is 1. The lowest BCUT2D eigenvalue weighted by molar-refractivity contribution is -0.385. The first kappa shape index (κ1) is 12.7. The van der Waals surface area contributed by atoms with Crippen molar-refractivity contribution in [3.8, 4) is 0 Å². The van der Waals surface area contributed by atoms with Crippen molar-refractivity contribution in [3.63, 3.8) is 0 Å². The van der Waals surface area contributed by atoms with Crippen molar-refractivity contribution < 1.29 is 10.0 Å². The zero-order chi connectivity index (χ0) is 13.0. The molecule has 1 aliphatic heterocycles. The van der Waals surface area contributed by atoms with Crippen LogP contribution < -0.4 is 0 Å². The van der Waals surface area contributed by atoms with Crippen LogP contribution in [0.1, 0.15) is 12.0 Å². The summed E-state index contributed by atoms with van der Waals surface area (Å²) in [6, 6.07) is 6.67. The van der Waals surface area contributed by atoms with Crippen molar-refractivity contribution in [1.29, 1.82) is 0 Å². The first-order valence-corrected chi connectivity index (χ1v) is 5.97. The van der Waals surface area contributed by atoms with Gasteiger partial charge >= 0.3 is 0 Å². The lowest BCUT2D eigenvalue weighted by atomic mass is 10.1. The molecule has 1 fully saturated rings. The van der Waals surface area contributed by atoms with Gasteiger partial charge in [-0.25, -0.2) is 0 Å². The minimum absolute atomic E-state index is 0.121. The highest BCUT2D eigenvalue weighted by Crippen LogP contribution is 2.19. The van der Waals surface area contributed by atoms with Crippen LogP contribution in [0, 0.1) is 10.1 Å². The lowest BCUT2D eigenvalue weighted by Gasteiger charge is -2.10. The Morgan fingerprint density at radius 2 is 2.28 bits per heavy atom. The average Bonchev–Trinajstić information content (AvgIpc) is 2.75. The predicted octanol–water partition coefficient (Wildman–Crippen LogP) is 1.67. The van der Waals surface area contributed by atoms with Gasteiger partial charge in [-0.2, -0.15) is 0 Å². The van der Waals surface area contributed by atoms with Gasteiger partial charge in [0.25, 0.3) is 5.69 Å². The van der Waals surface area contributed by atoms with Gasteiger partial charge in [-0.1, -0.05) is 24.3 Å². The molecule has 2 rings (SSSR count). The van der Waals surface area contributed by atoms with E-state index in [0.29, 0.717) is 18.7 Å². The molecule has 1 atom stereocenters. The van der Waals surface area contributed by atoms with Crippen LogP contribution in [0.5, 0.6) is 0 Å². The number of nitro groups is 1. The molecule has 1 aliphatic rings. The molecule has 1 N–H and O–H groups in total. The first-order valence-electron chi connectivity index (χ1n) is 5.97.